The third kappa shape index (κ3) is 5.89. The van der Waals surface area contributed by atoms with Gasteiger partial charge in [0.05, 0.1) is 11.4 Å². The molecular formula is C20H22N6O2S. The van der Waals surface area contributed by atoms with Gasteiger partial charge in [-0.25, -0.2) is 0 Å². The summed E-state index contributed by atoms with van der Waals surface area (Å²) in [6.07, 6.45) is 0.788. The number of aromatic nitrogens is 4. The second-order valence-electron chi connectivity index (χ2n) is 6.42. The number of benzene rings is 2. The SMILES string of the molecule is CC(=O)Nc1cccc(-n2nnnc2SCC(=O)NCCc2ccccc2C)c1. The van der Waals surface area contributed by atoms with Crippen LogP contribution in [0, 0.1) is 6.92 Å². The largest absolute Gasteiger partial charge is 0.355 e. The fourth-order valence-corrected chi connectivity index (χ4v) is 3.48. The molecule has 0 unspecified atom stereocenters. The number of nitrogens with one attached hydrogen (secondary N) is 2. The van der Waals surface area contributed by atoms with Gasteiger partial charge in [-0.1, -0.05) is 42.1 Å². The first-order valence-electron chi connectivity index (χ1n) is 9.13. The van der Waals surface area contributed by atoms with Gasteiger partial charge < -0.3 is 10.6 Å². The lowest BCUT2D eigenvalue weighted by atomic mass is 10.1. The van der Waals surface area contributed by atoms with Gasteiger partial charge in [0.15, 0.2) is 0 Å². The van der Waals surface area contributed by atoms with Gasteiger partial charge in [0.25, 0.3) is 0 Å². The van der Waals surface area contributed by atoms with Crippen molar-refractivity contribution >= 4 is 29.3 Å². The maximum absolute atomic E-state index is 12.2. The molecule has 150 valence electrons. The first-order chi connectivity index (χ1) is 14.0. The minimum atomic E-state index is -0.157. The predicted molar refractivity (Wildman–Crippen MR) is 112 cm³/mol. The van der Waals surface area contributed by atoms with Crippen LogP contribution in [0.3, 0.4) is 0 Å². The van der Waals surface area contributed by atoms with E-state index in [0.29, 0.717) is 23.1 Å². The number of hydrogen-bond acceptors (Lipinski definition) is 6. The molecule has 0 saturated carbocycles. The molecular weight excluding hydrogens is 388 g/mol. The van der Waals surface area contributed by atoms with Gasteiger partial charge in [-0.2, -0.15) is 4.68 Å². The molecule has 0 bridgehead atoms. The van der Waals surface area contributed by atoms with Gasteiger partial charge in [0, 0.05) is 19.2 Å². The van der Waals surface area contributed by atoms with E-state index in [1.54, 1.807) is 18.2 Å². The summed E-state index contributed by atoms with van der Waals surface area (Å²) in [5, 5.41) is 17.8. The van der Waals surface area contributed by atoms with Crippen molar-refractivity contribution in [3.05, 3.63) is 59.7 Å². The minimum Gasteiger partial charge on any atom is -0.355 e. The highest BCUT2D eigenvalue weighted by atomic mass is 32.2. The second kappa shape index (κ2) is 9.83. The summed E-state index contributed by atoms with van der Waals surface area (Å²) in [5.74, 6) is -0.0274. The van der Waals surface area contributed by atoms with Gasteiger partial charge in [0.1, 0.15) is 0 Å². The van der Waals surface area contributed by atoms with Gasteiger partial charge >= 0.3 is 0 Å². The highest BCUT2D eigenvalue weighted by Gasteiger charge is 2.12. The van der Waals surface area contributed by atoms with Crippen molar-refractivity contribution in [2.24, 2.45) is 0 Å². The molecule has 0 aliphatic carbocycles. The smallest absolute Gasteiger partial charge is 0.230 e. The van der Waals surface area contributed by atoms with E-state index in [-0.39, 0.29) is 17.6 Å². The van der Waals surface area contributed by atoms with E-state index in [4.69, 9.17) is 0 Å². The van der Waals surface area contributed by atoms with Crippen molar-refractivity contribution in [2.45, 2.75) is 25.4 Å². The molecule has 2 aromatic carbocycles. The molecule has 29 heavy (non-hydrogen) atoms. The zero-order valence-corrected chi connectivity index (χ0v) is 17.1. The molecule has 9 heteroatoms. The van der Waals surface area contributed by atoms with Crippen LogP contribution in [0.5, 0.6) is 0 Å². The van der Waals surface area contributed by atoms with Crippen LogP contribution in [0.15, 0.2) is 53.7 Å². The standard InChI is InChI=1S/C20H22N6O2S/c1-14-6-3-4-7-16(14)10-11-21-19(28)13-29-20-23-24-25-26(20)18-9-5-8-17(12-18)22-15(2)27/h3-9,12H,10-11,13H2,1-2H3,(H,21,28)(H,22,27). The number of anilines is 1. The second-order valence-corrected chi connectivity index (χ2v) is 7.36. The number of rotatable bonds is 8. The summed E-state index contributed by atoms with van der Waals surface area (Å²) in [7, 11) is 0. The van der Waals surface area contributed by atoms with Crippen LogP contribution in [0.4, 0.5) is 5.69 Å². The van der Waals surface area contributed by atoms with Crippen LogP contribution in [-0.2, 0) is 16.0 Å². The Morgan fingerprint density at radius 2 is 1.97 bits per heavy atom. The van der Waals surface area contributed by atoms with Gasteiger partial charge in [-0.05, 0) is 53.1 Å². The Morgan fingerprint density at radius 1 is 1.14 bits per heavy atom. The highest BCUT2D eigenvalue weighted by Crippen LogP contribution is 2.20. The van der Waals surface area contributed by atoms with Crippen LogP contribution in [-0.4, -0.2) is 44.3 Å². The maximum atomic E-state index is 12.2. The van der Waals surface area contributed by atoms with Crippen LogP contribution < -0.4 is 10.6 Å². The number of nitrogens with zero attached hydrogens (tertiary/aromatic N) is 4. The first-order valence-corrected chi connectivity index (χ1v) is 10.1. The zero-order valence-electron chi connectivity index (χ0n) is 16.3. The van der Waals surface area contributed by atoms with Crippen molar-refractivity contribution < 1.29 is 9.59 Å². The third-order valence-electron chi connectivity index (χ3n) is 4.16. The fourth-order valence-electron chi connectivity index (χ4n) is 2.76. The number of aryl methyl sites for hydroxylation is 1. The summed E-state index contributed by atoms with van der Waals surface area (Å²) in [6.45, 7) is 4.09. The average Bonchev–Trinajstić information content (AvgIpc) is 3.16. The Hall–Kier alpha value is -3.20. The molecule has 3 rings (SSSR count). The first kappa shape index (κ1) is 20.5. The molecule has 2 amide bonds. The van der Waals surface area contributed by atoms with Crippen molar-refractivity contribution in [2.75, 3.05) is 17.6 Å². The van der Waals surface area contributed by atoms with E-state index in [9.17, 15) is 9.59 Å². The molecule has 0 aliphatic rings. The van der Waals surface area contributed by atoms with Crippen LogP contribution in [0.1, 0.15) is 18.1 Å². The zero-order chi connectivity index (χ0) is 20.6. The van der Waals surface area contributed by atoms with E-state index < -0.39 is 0 Å². The van der Waals surface area contributed by atoms with E-state index >= 15 is 0 Å². The molecule has 0 aliphatic heterocycles. The molecule has 0 atom stereocenters. The van der Waals surface area contributed by atoms with Crippen molar-refractivity contribution in [3.8, 4) is 5.69 Å². The quantitative estimate of drug-likeness (QED) is 0.553. The summed E-state index contributed by atoms with van der Waals surface area (Å²) in [5.41, 5.74) is 3.79. The van der Waals surface area contributed by atoms with Crippen LogP contribution in [0.2, 0.25) is 0 Å². The summed E-state index contributed by atoms with van der Waals surface area (Å²) in [4.78, 5) is 23.4. The van der Waals surface area contributed by atoms with Crippen molar-refractivity contribution in [1.29, 1.82) is 0 Å². The minimum absolute atomic E-state index is 0.0786. The number of tetrazole rings is 1. The number of carbonyl (C=O) groups is 2. The summed E-state index contributed by atoms with van der Waals surface area (Å²) in [6, 6.07) is 15.3. The Kier molecular flexibility index (Phi) is 6.96. The van der Waals surface area contributed by atoms with Crippen LogP contribution >= 0.6 is 11.8 Å². The van der Waals surface area contributed by atoms with Crippen LogP contribution in [0.25, 0.3) is 5.69 Å². The Balaban J connectivity index is 1.54. The lowest BCUT2D eigenvalue weighted by molar-refractivity contribution is -0.118. The molecule has 0 saturated heterocycles. The van der Waals surface area contributed by atoms with E-state index in [0.717, 1.165) is 6.42 Å². The highest BCUT2D eigenvalue weighted by molar-refractivity contribution is 7.99. The number of hydrogen-bond donors (Lipinski definition) is 2. The van der Waals surface area contributed by atoms with Gasteiger partial charge in [0.2, 0.25) is 17.0 Å². The third-order valence-corrected chi connectivity index (χ3v) is 5.08. The average molecular weight is 411 g/mol. The fraction of sp³-hybridized carbons (Fsp3) is 0.250. The Morgan fingerprint density at radius 3 is 2.76 bits per heavy atom. The normalized spacial score (nSPS) is 10.6. The van der Waals surface area contributed by atoms with Gasteiger partial charge in [-0.15, -0.1) is 5.10 Å². The predicted octanol–water partition coefficient (Wildman–Crippen LogP) is 2.38. The van der Waals surface area contributed by atoms with E-state index in [1.807, 2.05) is 18.2 Å². The lowest BCUT2D eigenvalue weighted by Gasteiger charge is -2.08. The van der Waals surface area contributed by atoms with Crippen molar-refractivity contribution in [3.63, 3.8) is 0 Å². The van der Waals surface area contributed by atoms with E-state index in [2.05, 4.69) is 45.2 Å². The molecule has 1 aromatic heterocycles. The topological polar surface area (TPSA) is 102 Å². The number of carbonyl (C=O) groups excluding carboxylic acids is 2. The Bertz CT molecular complexity index is 1000. The lowest BCUT2D eigenvalue weighted by Crippen LogP contribution is -2.27. The summed E-state index contributed by atoms with van der Waals surface area (Å²) >= 11 is 1.25. The molecule has 1 heterocycles. The molecule has 2 N–H and O–H groups in total. The molecule has 0 spiro atoms. The summed E-state index contributed by atoms with van der Waals surface area (Å²) < 4.78 is 1.54. The monoisotopic (exact) mass is 410 g/mol. The maximum Gasteiger partial charge on any atom is 0.230 e. The molecule has 8 nitrogen and oxygen atoms in total. The van der Waals surface area contributed by atoms with Gasteiger partial charge in [-0.3, -0.25) is 9.59 Å². The number of thioether (sulfide) groups is 1. The molecule has 3 aromatic rings. The molecule has 0 radical (unpaired) electrons. The number of amides is 2. The van der Waals surface area contributed by atoms with E-state index in [1.165, 1.54) is 34.5 Å². The molecule has 0 fully saturated rings. The van der Waals surface area contributed by atoms with Crippen molar-refractivity contribution in [1.82, 2.24) is 25.5 Å². The Labute approximate surface area is 173 Å².